The van der Waals surface area contributed by atoms with Gasteiger partial charge in [0.1, 0.15) is 0 Å². The summed E-state index contributed by atoms with van der Waals surface area (Å²) in [6.45, 7) is 0.666. The number of benzene rings is 1. The van der Waals surface area contributed by atoms with E-state index in [2.05, 4.69) is 20.4 Å². The SMILES string of the molecule is O=C(Nc1cccc(C(F)(F)F)c1)N1CC(c2nc(-c3cccnc3)no2)C1. The van der Waals surface area contributed by atoms with Gasteiger partial charge in [0.25, 0.3) is 0 Å². The van der Waals surface area contributed by atoms with Crippen molar-refractivity contribution in [2.45, 2.75) is 12.1 Å². The number of aromatic nitrogens is 3. The van der Waals surface area contributed by atoms with Gasteiger partial charge in [-0.2, -0.15) is 18.2 Å². The second-order valence-electron chi connectivity index (χ2n) is 6.31. The van der Waals surface area contributed by atoms with E-state index in [0.717, 1.165) is 17.7 Å². The van der Waals surface area contributed by atoms with Gasteiger partial charge >= 0.3 is 12.2 Å². The van der Waals surface area contributed by atoms with E-state index in [0.29, 0.717) is 24.8 Å². The normalized spacial score (nSPS) is 14.6. The van der Waals surface area contributed by atoms with Crippen molar-refractivity contribution in [1.82, 2.24) is 20.0 Å². The Morgan fingerprint density at radius 1 is 1.21 bits per heavy atom. The molecule has 0 atom stereocenters. The van der Waals surface area contributed by atoms with Gasteiger partial charge in [0, 0.05) is 36.7 Å². The van der Waals surface area contributed by atoms with Gasteiger partial charge in [0.05, 0.1) is 11.5 Å². The molecule has 10 heteroatoms. The Labute approximate surface area is 157 Å². The predicted octanol–water partition coefficient (Wildman–Crippen LogP) is 3.78. The monoisotopic (exact) mass is 389 g/mol. The van der Waals surface area contributed by atoms with Crippen molar-refractivity contribution >= 4 is 11.7 Å². The molecule has 28 heavy (non-hydrogen) atoms. The van der Waals surface area contributed by atoms with E-state index in [1.807, 2.05) is 0 Å². The molecule has 0 radical (unpaired) electrons. The highest BCUT2D eigenvalue weighted by molar-refractivity contribution is 5.90. The molecule has 1 saturated heterocycles. The zero-order valence-electron chi connectivity index (χ0n) is 14.3. The summed E-state index contributed by atoms with van der Waals surface area (Å²) in [6, 6.07) is 7.57. The highest BCUT2D eigenvalue weighted by atomic mass is 19.4. The molecule has 0 unspecified atom stereocenters. The summed E-state index contributed by atoms with van der Waals surface area (Å²) in [7, 11) is 0. The standard InChI is InChI=1S/C18H14F3N5O2/c19-18(20,21)13-4-1-5-14(7-13)23-17(27)26-9-12(10-26)16-24-15(25-28-16)11-3-2-6-22-8-11/h1-8,12H,9-10H2,(H,23,27). The highest BCUT2D eigenvalue weighted by Crippen LogP contribution is 2.31. The summed E-state index contributed by atoms with van der Waals surface area (Å²) in [5, 5.41) is 6.38. The number of rotatable bonds is 3. The fourth-order valence-electron chi connectivity index (χ4n) is 2.79. The van der Waals surface area contributed by atoms with Crippen LogP contribution < -0.4 is 5.32 Å². The number of nitrogens with one attached hydrogen (secondary N) is 1. The summed E-state index contributed by atoms with van der Waals surface area (Å²) < 4.78 is 43.5. The minimum absolute atomic E-state index is 0.0833. The lowest BCUT2D eigenvalue weighted by atomic mass is 10.0. The van der Waals surface area contributed by atoms with E-state index in [1.54, 1.807) is 24.5 Å². The fraction of sp³-hybridized carbons (Fsp3) is 0.222. The molecule has 0 spiro atoms. The molecular formula is C18H14F3N5O2. The number of carbonyl (C=O) groups excluding carboxylic acids is 1. The maximum absolute atomic E-state index is 12.8. The molecule has 1 aliphatic rings. The molecule has 1 fully saturated rings. The molecule has 1 aromatic carbocycles. The van der Waals surface area contributed by atoms with Crippen LogP contribution in [0.2, 0.25) is 0 Å². The van der Waals surface area contributed by atoms with Gasteiger partial charge in [-0.25, -0.2) is 4.79 Å². The van der Waals surface area contributed by atoms with Crippen LogP contribution in [0.1, 0.15) is 17.4 Å². The minimum Gasteiger partial charge on any atom is -0.339 e. The van der Waals surface area contributed by atoms with Gasteiger partial charge in [-0.1, -0.05) is 11.2 Å². The van der Waals surface area contributed by atoms with E-state index in [-0.39, 0.29) is 11.6 Å². The fourth-order valence-corrected chi connectivity index (χ4v) is 2.79. The zero-order chi connectivity index (χ0) is 19.7. The Bertz CT molecular complexity index is 984. The van der Waals surface area contributed by atoms with Crippen molar-refractivity contribution in [2.24, 2.45) is 0 Å². The van der Waals surface area contributed by atoms with Crippen LogP contribution in [0.15, 0.2) is 53.3 Å². The third kappa shape index (κ3) is 3.66. The van der Waals surface area contributed by atoms with Crippen molar-refractivity contribution in [1.29, 1.82) is 0 Å². The summed E-state index contributed by atoms with van der Waals surface area (Å²) in [6.07, 6.45) is -1.21. The maximum atomic E-state index is 12.8. The van der Waals surface area contributed by atoms with Crippen molar-refractivity contribution in [3.63, 3.8) is 0 Å². The Morgan fingerprint density at radius 2 is 2.04 bits per heavy atom. The topological polar surface area (TPSA) is 84.2 Å². The Morgan fingerprint density at radius 3 is 2.75 bits per heavy atom. The van der Waals surface area contributed by atoms with Gasteiger partial charge in [-0.3, -0.25) is 4.98 Å². The molecule has 1 N–H and O–H groups in total. The zero-order valence-corrected chi connectivity index (χ0v) is 14.3. The molecular weight excluding hydrogens is 375 g/mol. The second kappa shape index (κ2) is 6.95. The lowest BCUT2D eigenvalue weighted by molar-refractivity contribution is -0.137. The molecule has 4 rings (SSSR count). The molecule has 1 aliphatic heterocycles. The second-order valence-corrected chi connectivity index (χ2v) is 6.31. The molecule has 2 aromatic heterocycles. The number of hydrogen-bond donors (Lipinski definition) is 1. The lowest BCUT2D eigenvalue weighted by Gasteiger charge is -2.36. The van der Waals surface area contributed by atoms with E-state index in [9.17, 15) is 18.0 Å². The van der Waals surface area contributed by atoms with Crippen LogP contribution >= 0.6 is 0 Å². The Kier molecular flexibility index (Phi) is 4.46. The molecule has 144 valence electrons. The van der Waals surface area contributed by atoms with Crippen LogP contribution in [-0.2, 0) is 6.18 Å². The van der Waals surface area contributed by atoms with E-state index in [1.165, 1.54) is 17.0 Å². The predicted molar refractivity (Wildman–Crippen MR) is 92.3 cm³/mol. The number of urea groups is 1. The van der Waals surface area contributed by atoms with Crippen LogP contribution in [0.5, 0.6) is 0 Å². The quantitative estimate of drug-likeness (QED) is 0.737. The van der Waals surface area contributed by atoms with Crippen molar-refractivity contribution in [2.75, 3.05) is 18.4 Å². The lowest BCUT2D eigenvalue weighted by Crippen LogP contribution is -2.50. The van der Waals surface area contributed by atoms with E-state index >= 15 is 0 Å². The average molecular weight is 389 g/mol. The third-order valence-electron chi connectivity index (χ3n) is 4.32. The third-order valence-corrected chi connectivity index (χ3v) is 4.32. The largest absolute Gasteiger partial charge is 0.416 e. The average Bonchev–Trinajstić information content (AvgIpc) is 3.10. The van der Waals surface area contributed by atoms with Gasteiger partial charge < -0.3 is 14.7 Å². The molecule has 3 heterocycles. The van der Waals surface area contributed by atoms with Crippen molar-refractivity contribution < 1.29 is 22.5 Å². The Hall–Kier alpha value is -3.43. The van der Waals surface area contributed by atoms with Gasteiger partial charge in [-0.15, -0.1) is 0 Å². The van der Waals surface area contributed by atoms with Crippen LogP contribution in [0.3, 0.4) is 0 Å². The van der Waals surface area contributed by atoms with Gasteiger partial charge in [-0.05, 0) is 30.3 Å². The van der Waals surface area contributed by atoms with Gasteiger partial charge in [0.2, 0.25) is 11.7 Å². The summed E-state index contributed by atoms with van der Waals surface area (Å²) in [4.78, 5) is 22.0. The number of pyridine rings is 1. The Balaban J connectivity index is 1.35. The number of halogens is 3. The number of alkyl halides is 3. The smallest absolute Gasteiger partial charge is 0.339 e. The first-order valence-electron chi connectivity index (χ1n) is 8.37. The first-order chi connectivity index (χ1) is 13.4. The molecule has 2 amide bonds. The summed E-state index contributed by atoms with van der Waals surface area (Å²) in [5.74, 6) is 0.696. The van der Waals surface area contributed by atoms with Crippen molar-refractivity contribution in [3.8, 4) is 11.4 Å². The number of anilines is 1. The van der Waals surface area contributed by atoms with Crippen molar-refractivity contribution in [3.05, 3.63) is 60.2 Å². The number of nitrogens with zero attached hydrogens (tertiary/aromatic N) is 4. The van der Waals surface area contributed by atoms with Gasteiger partial charge in [0.15, 0.2) is 0 Å². The molecule has 0 saturated carbocycles. The summed E-state index contributed by atoms with van der Waals surface area (Å²) in [5.41, 5.74) is -0.0172. The van der Waals surface area contributed by atoms with E-state index in [4.69, 9.17) is 4.52 Å². The van der Waals surface area contributed by atoms with Crippen LogP contribution in [-0.4, -0.2) is 39.1 Å². The molecule has 3 aromatic rings. The van der Waals surface area contributed by atoms with Crippen LogP contribution in [0, 0.1) is 0 Å². The number of carbonyl (C=O) groups is 1. The first-order valence-corrected chi connectivity index (χ1v) is 8.37. The molecule has 0 bridgehead atoms. The maximum Gasteiger partial charge on any atom is 0.416 e. The first kappa shape index (κ1) is 18.0. The van der Waals surface area contributed by atoms with Crippen LogP contribution in [0.4, 0.5) is 23.7 Å². The summed E-state index contributed by atoms with van der Waals surface area (Å²) >= 11 is 0. The number of hydrogen-bond acceptors (Lipinski definition) is 5. The minimum atomic E-state index is -4.47. The highest BCUT2D eigenvalue weighted by Gasteiger charge is 2.36. The number of amides is 2. The van der Waals surface area contributed by atoms with E-state index < -0.39 is 17.8 Å². The number of likely N-dealkylation sites (tertiary alicyclic amines) is 1. The molecule has 7 nitrogen and oxygen atoms in total. The molecule has 0 aliphatic carbocycles. The van der Waals surface area contributed by atoms with Crippen LogP contribution in [0.25, 0.3) is 11.4 Å².